The van der Waals surface area contributed by atoms with E-state index in [1.54, 1.807) is 0 Å². The van der Waals surface area contributed by atoms with Crippen molar-refractivity contribution in [2.75, 3.05) is 13.1 Å². The van der Waals surface area contributed by atoms with Crippen LogP contribution in [0.25, 0.3) is 0 Å². The zero-order valence-electron chi connectivity index (χ0n) is 9.80. The number of fused-ring (bicyclic) bond motifs is 1. The molecular formula is C13H16F3N. The van der Waals surface area contributed by atoms with Crippen LogP contribution in [0.1, 0.15) is 18.1 Å². The zero-order chi connectivity index (χ0) is 12.5. The largest absolute Gasteiger partial charge is 0.403 e. The molecule has 0 aromatic heterocycles. The Morgan fingerprint density at radius 3 is 1.94 bits per heavy atom. The topological polar surface area (TPSA) is 3.24 Å². The maximum atomic E-state index is 12.7. The Bertz CT molecular complexity index is 359. The van der Waals surface area contributed by atoms with Gasteiger partial charge >= 0.3 is 6.18 Å². The van der Waals surface area contributed by atoms with Crippen molar-refractivity contribution in [1.29, 1.82) is 0 Å². The maximum absolute atomic E-state index is 12.7. The van der Waals surface area contributed by atoms with E-state index in [0.29, 0.717) is 25.9 Å². The lowest BCUT2D eigenvalue weighted by Crippen LogP contribution is -2.44. The van der Waals surface area contributed by atoms with Crippen molar-refractivity contribution in [2.24, 2.45) is 0 Å². The van der Waals surface area contributed by atoms with Crippen LogP contribution >= 0.6 is 0 Å². The summed E-state index contributed by atoms with van der Waals surface area (Å²) < 4.78 is 38.0. The standard InChI is InChI=1S/C13H16F3N/c1-10(13(14,15)16)17-8-6-11-4-2-3-5-12(11)7-9-17/h2-5,10H,6-9H2,1H3. The zero-order valence-corrected chi connectivity index (χ0v) is 9.80. The number of nitrogens with zero attached hydrogens (tertiary/aromatic N) is 1. The average molecular weight is 243 g/mol. The van der Waals surface area contributed by atoms with Crippen LogP contribution in [-0.2, 0) is 12.8 Å². The van der Waals surface area contributed by atoms with Crippen molar-refractivity contribution in [1.82, 2.24) is 4.90 Å². The maximum Gasteiger partial charge on any atom is 0.403 e. The molecule has 1 aliphatic heterocycles. The molecule has 0 saturated carbocycles. The Labute approximate surface area is 99.2 Å². The Kier molecular flexibility index (Phi) is 3.43. The van der Waals surface area contributed by atoms with E-state index < -0.39 is 12.2 Å². The molecule has 0 radical (unpaired) electrons. The predicted molar refractivity (Wildman–Crippen MR) is 60.9 cm³/mol. The second-order valence-electron chi connectivity index (χ2n) is 4.52. The fourth-order valence-electron chi connectivity index (χ4n) is 2.28. The summed E-state index contributed by atoms with van der Waals surface area (Å²) in [6.45, 7) is 2.21. The Balaban J connectivity index is 2.09. The van der Waals surface area contributed by atoms with E-state index in [1.807, 2.05) is 24.3 Å². The molecule has 17 heavy (non-hydrogen) atoms. The molecule has 1 nitrogen and oxygen atoms in total. The van der Waals surface area contributed by atoms with Crippen LogP contribution in [0.2, 0.25) is 0 Å². The van der Waals surface area contributed by atoms with Crippen LogP contribution in [-0.4, -0.2) is 30.2 Å². The van der Waals surface area contributed by atoms with Crippen LogP contribution in [0.15, 0.2) is 24.3 Å². The summed E-state index contributed by atoms with van der Waals surface area (Å²) in [6, 6.07) is 6.56. The van der Waals surface area contributed by atoms with Crippen LogP contribution in [0.3, 0.4) is 0 Å². The number of alkyl halides is 3. The highest BCUT2D eigenvalue weighted by Gasteiger charge is 2.40. The Morgan fingerprint density at radius 1 is 1.06 bits per heavy atom. The molecule has 1 aliphatic rings. The third kappa shape index (κ3) is 2.80. The second kappa shape index (κ2) is 4.69. The van der Waals surface area contributed by atoms with E-state index in [2.05, 4.69) is 0 Å². The van der Waals surface area contributed by atoms with Gasteiger partial charge in [0, 0.05) is 13.1 Å². The number of hydrogen-bond donors (Lipinski definition) is 0. The molecule has 0 fully saturated rings. The van der Waals surface area contributed by atoms with Gasteiger partial charge in [0.15, 0.2) is 0 Å². The lowest BCUT2D eigenvalue weighted by atomic mass is 10.0. The minimum absolute atomic E-state index is 0.484. The first-order valence-corrected chi connectivity index (χ1v) is 5.86. The van der Waals surface area contributed by atoms with Gasteiger partial charge < -0.3 is 0 Å². The fourth-order valence-corrected chi connectivity index (χ4v) is 2.28. The quantitative estimate of drug-likeness (QED) is 0.732. The van der Waals surface area contributed by atoms with Crippen LogP contribution in [0.4, 0.5) is 13.2 Å². The lowest BCUT2D eigenvalue weighted by Gasteiger charge is -2.29. The van der Waals surface area contributed by atoms with E-state index >= 15 is 0 Å². The van der Waals surface area contributed by atoms with E-state index in [-0.39, 0.29) is 0 Å². The van der Waals surface area contributed by atoms with Gasteiger partial charge in [-0.05, 0) is 30.9 Å². The van der Waals surface area contributed by atoms with E-state index in [9.17, 15) is 13.2 Å². The van der Waals surface area contributed by atoms with Gasteiger partial charge in [0.05, 0.1) is 0 Å². The van der Waals surface area contributed by atoms with Gasteiger partial charge in [-0.3, -0.25) is 4.90 Å². The van der Waals surface area contributed by atoms with Crippen molar-refractivity contribution in [2.45, 2.75) is 32.0 Å². The van der Waals surface area contributed by atoms with Gasteiger partial charge in [0.2, 0.25) is 0 Å². The van der Waals surface area contributed by atoms with Gasteiger partial charge in [-0.25, -0.2) is 0 Å². The first-order valence-electron chi connectivity index (χ1n) is 5.86. The molecule has 0 spiro atoms. The minimum atomic E-state index is -4.13. The summed E-state index contributed by atoms with van der Waals surface area (Å²) in [7, 11) is 0. The van der Waals surface area contributed by atoms with Crippen molar-refractivity contribution >= 4 is 0 Å². The number of halogens is 3. The minimum Gasteiger partial charge on any atom is -0.292 e. The molecule has 0 N–H and O–H groups in total. The summed E-state index contributed by atoms with van der Waals surface area (Å²) in [5.41, 5.74) is 2.37. The highest BCUT2D eigenvalue weighted by molar-refractivity contribution is 5.28. The highest BCUT2D eigenvalue weighted by atomic mass is 19.4. The van der Waals surface area contributed by atoms with Crippen molar-refractivity contribution < 1.29 is 13.2 Å². The molecule has 0 amide bonds. The van der Waals surface area contributed by atoms with E-state index in [1.165, 1.54) is 23.0 Å². The van der Waals surface area contributed by atoms with Crippen molar-refractivity contribution in [3.63, 3.8) is 0 Å². The Morgan fingerprint density at radius 2 is 1.53 bits per heavy atom. The molecule has 2 rings (SSSR count). The fraction of sp³-hybridized carbons (Fsp3) is 0.538. The molecule has 1 unspecified atom stereocenters. The second-order valence-corrected chi connectivity index (χ2v) is 4.52. The summed E-state index contributed by atoms with van der Waals surface area (Å²) in [5, 5.41) is 0. The van der Waals surface area contributed by atoms with Crippen LogP contribution in [0.5, 0.6) is 0 Å². The highest BCUT2D eigenvalue weighted by Crippen LogP contribution is 2.26. The summed E-state index contributed by atoms with van der Waals surface area (Å²) in [4.78, 5) is 1.53. The summed E-state index contributed by atoms with van der Waals surface area (Å²) >= 11 is 0. The molecule has 1 heterocycles. The van der Waals surface area contributed by atoms with Crippen LogP contribution < -0.4 is 0 Å². The van der Waals surface area contributed by atoms with E-state index in [4.69, 9.17) is 0 Å². The summed E-state index contributed by atoms with van der Waals surface area (Å²) in [5.74, 6) is 0. The Hall–Kier alpha value is -1.03. The van der Waals surface area contributed by atoms with E-state index in [0.717, 1.165) is 0 Å². The summed E-state index contributed by atoms with van der Waals surface area (Å²) in [6.07, 6.45) is -2.72. The molecule has 0 aliphatic carbocycles. The van der Waals surface area contributed by atoms with Crippen LogP contribution in [0, 0.1) is 0 Å². The third-order valence-corrected chi connectivity index (χ3v) is 3.48. The number of hydrogen-bond acceptors (Lipinski definition) is 1. The number of rotatable bonds is 1. The molecule has 1 aromatic carbocycles. The lowest BCUT2D eigenvalue weighted by molar-refractivity contribution is -0.178. The SMILES string of the molecule is CC(N1CCc2ccccc2CC1)C(F)(F)F. The third-order valence-electron chi connectivity index (χ3n) is 3.48. The first kappa shape index (κ1) is 12.4. The molecule has 94 valence electrons. The molecule has 4 heteroatoms. The normalized spacial score (nSPS) is 19.5. The average Bonchev–Trinajstić information content (AvgIpc) is 2.49. The van der Waals surface area contributed by atoms with Gasteiger partial charge in [0.1, 0.15) is 6.04 Å². The van der Waals surface area contributed by atoms with Crippen molar-refractivity contribution in [3.8, 4) is 0 Å². The smallest absolute Gasteiger partial charge is 0.292 e. The van der Waals surface area contributed by atoms with Gasteiger partial charge in [-0.2, -0.15) is 13.2 Å². The van der Waals surface area contributed by atoms with Crippen molar-refractivity contribution in [3.05, 3.63) is 35.4 Å². The van der Waals surface area contributed by atoms with Gasteiger partial charge in [-0.1, -0.05) is 24.3 Å². The molecular weight excluding hydrogens is 227 g/mol. The predicted octanol–water partition coefficient (Wildman–Crippen LogP) is 3.04. The monoisotopic (exact) mass is 243 g/mol. The molecule has 0 saturated heterocycles. The number of benzene rings is 1. The molecule has 0 bridgehead atoms. The van der Waals surface area contributed by atoms with Gasteiger partial charge in [0.25, 0.3) is 0 Å². The molecule has 1 aromatic rings. The molecule has 1 atom stereocenters. The van der Waals surface area contributed by atoms with Gasteiger partial charge in [-0.15, -0.1) is 0 Å². The first-order chi connectivity index (χ1) is 7.98.